The van der Waals surface area contributed by atoms with E-state index in [4.69, 9.17) is 27.0 Å². The van der Waals surface area contributed by atoms with E-state index in [1.54, 1.807) is 17.0 Å². The Balaban J connectivity index is 0.00000137. The highest BCUT2D eigenvalue weighted by atomic mass is 16.4. The molecule has 0 fully saturated rings. The molecule has 1 aromatic carbocycles. The highest BCUT2D eigenvalue weighted by Crippen LogP contribution is 2.12. The van der Waals surface area contributed by atoms with Gasteiger partial charge >= 0.3 is 11.9 Å². The molecule has 16 nitrogen and oxygen atoms in total. The maximum absolute atomic E-state index is 12.3. The van der Waals surface area contributed by atoms with Crippen molar-refractivity contribution in [1.29, 1.82) is 5.53 Å². The minimum Gasteiger partial charge on any atom is -0.481 e. The number of hydrogen-bond donors (Lipinski definition) is 7. The minimum atomic E-state index is -1.31. The van der Waals surface area contributed by atoms with E-state index in [1.165, 1.54) is 18.3 Å². The third-order valence-corrected chi connectivity index (χ3v) is 4.36. The maximum atomic E-state index is 12.3. The first-order valence-corrected chi connectivity index (χ1v) is 9.76. The summed E-state index contributed by atoms with van der Waals surface area (Å²) in [5.74, 6) is -3.16. The molecule has 0 radical (unpaired) electrons. The van der Waals surface area contributed by atoms with Gasteiger partial charge in [-0.15, -0.1) is 5.53 Å². The Morgan fingerprint density at radius 1 is 1.20 bits per heavy atom. The molecule has 3 rings (SSSR count). The molecule has 0 aliphatic rings. The van der Waals surface area contributed by atoms with Crippen LogP contribution in [-0.2, 0) is 16.1 Å². The summed E-state index contributed by atoms with van der Waals surface area (Å²) < 4.78 is 0. The molecule has 1 atom stereocenters. The molecule has 0 bridgehead atoms. The van der Waals surface area contributed by atoms with Crippen LogP contribution >= 0.6 is 0 Å². The van der Waals surface area contributed by atoms with Gasteiger partial charge in [-0.2, -0.15) is 4.98 Å². The number of benzene rings is 1. The van der Waals surface area contributed by atoms with Gasteiger partial charge in [-0.05, 0) is 41.1 Å². The molecule has 2 aromatic heterocycles. The Morgan fingerprint density at radius 2 is 1.86 bits per heavy atom. The van der Waals surface area contributed by atoms with Crippen molar-refractivity contribution in [2.45, 2.75) is 25.4 Å². The number of nitrogens with one attached hydrogen (secondary N) is 4. The van der Waals surface area contributed by atoms with Crippen LogP contribution in [0.2, 0.25) is 0 Å². The second kappa shape index (κ2) is 12.1. The highest BCUT2D eigenvalue weighted by molar-refractivity contribution is 5.96. The second-order valence-electron chi connectivity index (χ2n) is 6.81. The van der Waals surface area contributed by atoms with Crippen LogP contribution in [0.4, 0.5) is 11.6 Å². The summed E-state index contributed by atoms with van der Waals surface area (Å²) in [6.07, 6.45) is 0.840. The van der Waals surface area contributed by atoms with Crippen LogP contribution in [0.1, 0.15) is 28.9 Å². The number of H-pyrrole nitrogens is 1. The molecule has 3 aromatic rings. The monoisotopic (exact) mass is 484 g/mol. The van der Waals surface area contributed by atoms with Gasteiger partial charge in [0.15, 0.2) is 11.2 Å². The lowest BCUT2D eigenvalue weighted by atomic mass is 10.1. The van der Waals surface area contributed by atoms with E-state index in [1.807, 2.05) is 0 Å². The number of carboxylic acids is 2. The zero-order chi connectivity index (χ0) is 26.0. The van der Waals surface area contributed by atoms with Crippen molar-refractivity contribution in [3.05, 3.63) is 62.5 Å². The van der Waals surface area contributed by atoms with Crippen LogP contribution < -0.4 is 21.9 Å². The van der Waals surface area contributed by atoms with Crippen LogP contribution in [0.3, 0.4) is 0 Å². The van der Waals surface area contributed by atoms with E-state index in [-0.39, 0.29) is 42.1 Å². The number of nitrogen functional groups attached to an aromatic ring is 1. The van der Waals surface area contributed by atoms with E-state index in [9.17, 15) is 19.2 Å². The Bertz CT molecular complexity index is 1320. The minimum absolute atomic E-state index is 0.0524. The number of carbonyl (C=O) groups excluding carboxylic acids is 1. The van der Waals surface area contributed by atoms with Gasteiger partial charge in [-0.1, -0.05) is 0 Å². The van der Waals surface area contributed by atoms with Gasteiger partial charge in [0.2, 0.25) is 5.95 Å². The molecule has 1 unspecified atom stereocenters. The third kappa shape index (κ3) is 7.69. The predicted octanol–water partition coefficient (Wildman–Crippen LogP) is 0.831. The first kappa shape index (κ1) is 26.0. The summed E-state index contributed by atoms with van der Waals surface area (Å²) in [4.78, 5) is 62.3. The van der Waals surface area contributed by atoms with Crippen molar-refractivity contribution in [3.63, 3.8) is 0 Å². The molecule has 16 heteroatoms. The Labute approximate surface area is 195 Å². The van der Waals surface area contributed by atoms with Gasteiger partial charge in [0, 0.05) is 17.7 Å². The van der Waals surface area contributed by atoms with E-state index >= 15 is 0 Å². The number of nitrogens with two attached hydrogens (primary N) is 1. The number of amides is 1. The summed E-state index contributed by atoms with van der Waals surface area (Å²) in [7, 11) is 0. The predicted molar refractivity (Wildman–Crippen MR) is 121 cm³/mol. The molecule has 2 heterocycles. The number of anilines is 2. The number of carboxylic acid groups (broad SMARTS) is 2. The van der Waals surface area contributed by atoms with E-state index in [0.29, 0.717) is 11.4 Å². The number of hydrogen-bond acceptors (Lipinski definition) is 10. The molecule has 0 aliphatic heterocycles. The Morgan fingerprint density at radius 3 is 2.46 bits per heavy atom. The fourth-order valence-electron chi connectivity index (χ4n) is 2.75. The van der Waals surface area contributed by atoms with Crippen LogP contribution in [0.25, 0.3) is 21.6 Å². The van der Waals surface area contributed by atoms with Crippen molar-refractivity contribution in [3.8, 4) is 0 Å². The molecular weight excluding hydrogens is 464 g/mol. The topological polar surface area (TPSA) is 274 Å². The van der Waals surface area contributed by atoms with Crippen molar-refractivity contribution in [2.75, 3.05) is 11.1 Å². The lowest BCUT2D eigenvalue weighted by Crippen LogP contribution is -2.41. The zero-order valence-corrected chi connectivity index (χ0v) is 17.9. The van der Waals surface area contributed by atoms with Gasteiger partial charge in [-0.25, -0.2) is 14.8 Å². The molecule has 8 N–H and O–H groups in total. The number of nitrogens with zero attached hydrogens (tertiary/aromatic N) is 5. The van der Waals surface area contributed by atoms with Gasteiger partial charge in [-0.3, -0.25) is 19.4 Å². The normalized spacial score (nSPS) is 10.9. The third-order valence-electron chi connectivity index (χ3n) is 4.36. The Hall–Kier alpha value is -5.24. The fraction of sp³-hybridized carbons (Fsp3) is 0.211. The number of aromatic amines is 1. The van der Waals surface area contributed by atoms with E-state index in [2.05, 4.69) is 30.6 Å². The quantitative estimate of drug-likeness (QED) is 0.127. The summed E-state index contributed by atoms with van der Waals surface area (Å²) in [6, 6.07) is 4.86. The number of rotatable bonds is 9. The molecule has 0 saturated heterocycles. The van der Waals surface area contributed by atoms with E-state index < -0.39 is 29.4 Å². The summed E-state index contributed by atoms with van der Waals surface area (Å²) in [5, 5.41) is 23.2. The number of aromatic nitrogens is 4. The van der Waals surface area contributed by atoms with Crippen molar-refractivity contribution in [2.24, 2.45) is 0 Å². The number of aliphatic carboxylic acids is 2. The zero-order valence-electron chi connectivity index (χ0n) is 17.9. The molecule has 1 amide bonds. The molecule has 0 aliphatic carbocycles. The smallest absolute Gasteiger partial charge is 0.326 e. The van der Waals surface area contributed by atoms with Gasteiger partial charge in [0.25, 0.3) is 11.5 Å². The molecular formula is C19H20N10O6. The van der Waals surface area contributed by atoms with Gasteiger partial charge in [0.05, 0.1) is 18.4 Å². The highest BCUT2D eigenvalue weighted by Gasteiger charge is 2.21. The molecule has 182 valence electrons. The van der Waals surface area contributed by atoms with Crippen LogP contribution in [-0.4, -0.2) is 54.0 Å². The van der Waals surface area contributed by atoms with E-state index in [0.717, 1.165) is 0 Å². The van der Waals surface area contributed by atoms with Gasteiger partial charge in [0.1, 0.15) is 6.04 Å². The lowest BCUT2D eigenvalue weighted by Gasteiger charge is -2.14. The SMILES string of the molecule is Nc1nc2ncc(CNc3ccc(C(=O)NC(CCC(=O)O)C(=O)O)cc3)nc2c(=O)[nH]1.[N-]=[N+]=N. The molecule has 0 saturated carbocycles. The summed E-state index contributed by atoms with van der Waals surface area (Å²) in [5.41, 5.74) is 18.7. The number of fused-ring (bicyclic) bond motifs is 1. The van der Waals surface area contributed by atoms with Crippen molar-refractivity contribution < 1.29 is 24.6 Å². The standard InChI is InChI=1S/C19H19N7O6.HN3/c20-19-25-15-14(17(30)26-19)23-11(8-22-15)7-21-10-3-1-9(2-4-10)16(29)24-12(18(31)32)5-6-13(27)28;1-3-2/h1-4,8,12,21H,5-7H2,(H,24,29)(H,27,28)(H,31,32)(H3,20,22,25,26,30);1H. The number of carbonyl (C=O) groups is 3. The van der Waals surface area contributed by atoms with Crippen LogP contribution in [0, 0.1) is 5.53 Å². The largest absolute Gasteiger partial charge is 0.481 e. The second-order valence-corrected chi connectivity index (χ2v) is 6.81. The lowest BCUT2D eigenvalue weighted by molar-refractivity contribution is -0.140. The Kier molecular flexibility index (Phi) is 9.01. The van der Waals surface area contributed by atoms with Crippen LogP contribution in [0.15, 0.2) is 35.3 Å². The molecule has 35 heavy (non-hydrogen) atoms. The first-order valence-electron chi connectivity index (χ1n) is 9.76. The average molecular weight is 484 g/mol. The van der Waals surface area contributed by atoms with Crippen molar-refractivity contribution >= 4 is 40.6 Å². The molecule has 0 spiro atoms. The maximum Gasteiger partial charge on any atom is 0.326 e. The van der Waals surface area contributed by atoms with Crippen molar-refractivity contribution in [1.82, 2.24) is 25.3 Å². The summed E-state index contributed by atoms with van der Waals surface area (Å²) in [6.45, 7) is 0.231. The van der Waals surface area contributed by atoms with Gasteiger partial charge < -0.3 is 26.6 Å². The first-order chi connectivity index (χ1) is 16.6. The summed E-state index contributed by atoms with van der Waals surface area (Å²) >= 11 is 0. The fourth-order valence-corrected chi connectivity index (χ4v) is 2.75. The van der Waals surface area contributed by atoms with Crippen LogP contribution in [0.5, 0.6) is 0 Å². The average Bonchev–Trinajstić information content (AvgIpc) is 2.81.